The molecule has 0 saturated carbocycles. The van der Waals surface area contributed by atoms with Gasteiger partial charge in [0.2, 0.25) is 0 Å². The van der Waals surface area contributed by atoms with Gasteiger partial charge in [0.05, 0.1) is 24.9 Å². The summed E-state index contributed by atoms with van der Waals surface area (Å²) in [6, 6.07) is 13.2. The quantitative estimate of drug-likeness (QED) is 0.275. The van der Waals surface area contributed by atoms with Crippen LogP contribution in [0.25, 0.3) is 16.6 Å². The second-order valence-electron chi connectivity index (χ2n) is 10.2. The molecule has 10 heteroatoms. The Bertz CT molecular complexity index is 1500. The highest BCUT2D eigenvalue weighted by Gasteiger charge is 2.56. The maximum absolute atomic E-state index is 14.4. The molecule has 4 aromatic rings. The third-order valence-corrected chi connectivity index (χ3v) is 7.03. The summed E-state index contributed by atoms with van der Waals surface area (Å²) in [5.74, 6) is -0.995. The Morgan fingerprint density at radius 1 is 1.05 bits per heavy atom. The van der Waals surface area contributed by atoms with E-state index in [-0.39, 0.29) is 11.4 Å². The lowest BCUT2D eigenvalue weighted by molar-refractivity contribution is -0.260. The minimum absolute atomic E-state index is 0.00953. The summed E-state index contributed by atoms with van der Waals surface area (Å²) >= 11 is 0. The third-order valence-electron chi connectivity index (χ3n) is 7.03. The van der Waals surface area contributed by atoms with Crippen molar-refractivity contribution in [2.75, 3.05) is 18.5 Å². The van der Waals surface area contributed by atoms with E-state index in [9.17, 15) is 27.1 Å². The predicted octanol–water partition coefficient (Wildman–Crippen LogP) is 6.31. The number of hydrogen-bond donors (Lipinski definition) is 2. The largest absolute Gasteiger partial charge is 0.493 e. The molecule has 0 bridgehead atoms. The molecule has 0 radical (unpaired) electrons. The molecule has 2 N–H and O–H groups in total. The van der Waals surface area contributed by atoms with Gasteiger partial charge in [-0.1, -0.05) is 38.1 Å². The number of halogens is 5. The minimum atomic E-state index is -4.94. The Balaban J connectivity index is 1.44. The zero-order chi connectivity index (χ0) is 27.3. The molecule has 38 heavy (non-hydrogen) atoms. The minimum Gasteiger partial charge on any atom is -0.493 e. The first-order valence-corrected chi connectivity index (χ1v) is 12.1. The zero-order valence-electron chi connectivity index (χ0n) is 20.7. The van der Waals surface area contributed by atoms with Crippen LogP contribution in [-0.4, -0.2) is 39.8 Å². The molecule has 1 unspecified atom stereocenters. The maximum Gasteiger partial charge on any atom is 0.418 e. The highest BCUT2D eigenvalue weighted by atomic mass is 19.4. The lowest BCUT2D eigenvalue weighted by Gasteiger charge is -2.38. The number of fused-ring (bicyclic) bond motifs is 2. The third kappa shape index (κ3) is 4.57. The topological polar surface area (TPSA) is 59.3 Å². The predicted molar refractivity (Wildman–Crippen MR) is 134 cm³/mol. The molecular formula is C28H26F5N3O2. The first-order chi connectivity index (χ1) is 17.9. The summed E-state index contributed by atoms with van der Waals surface area (Å²) in [6.45, 7) is 2.95. The zero-order valence-corrected chi connectivity index (χ0v) is 20.7. The number of alkyl halides is 3. The Morgan fingerprint density at radius 2 is 1.82 bits per heavy atom. The molecule has 0 aliphatic carbocycles. The van der Waals surface area contributed by atoms with Crippen molar-refractivity contribution in [3.63, 3.8) is 0 Å². The van der Waals surface area contributed by atoms with Gasteiger partial charge in [-0.2, -0.15) is 18.3 Å². The van der Waals surface area contributed by atoms with E-state index in [2.05, 4.69) is 10.4 Å². The second kappa shape index (κ2) is 9.27. The fourth-order valence-electron chi connectivity index (χ4n) is 5.13. The van der Waals surface area contributed by atoms with Crippen LogP contribution in [0, 0.1) is 11.6 Å². The Labute approximate surface area is 215 Å². The van der Waals surface area contributed by atoms with Gasteiger partial charge < -0.3 is 15.2 Å². The molecule has 5 nitrogen and oxygen atoms in total. The van der Waals surface area contributed by atoms with Crippen LogP contribution in [0.1, 0.15) is 31.4 Å². The van der Waals surface area contributed by atoms with Gasteiger partial charge in [0.15, 0.2) is 11.4 Å². The van der Waals surface area contributed by atoms with Crippen LogP contribution < -0.4 is 10.1 Å². The van der Waals surface area contributed by atoms with Crippen molar-refractivity contribution in [3.8, 4) is 11.4 Å². The summed E-state index contributed by atoms with van der Waals surface area (Å²) in [6.07, 6.45) is -3.50. The number of hydrogen-bond acceptors (Lipinski definition) is 4. The maximum atomic E-state index is 14.4. The number of ether oxygens (including phenoxy) is 1. The Kier molecular flexibility index (Phi) is 6.33. The van der Waals surface area contributed by atoms with Crippen LogP contribution in [-0.2, 0) is 11.8 Å². The molecule has 1 aromatic heterocycles. The number of para-hydroxylation sites is 1. The average Bonchev–Trinajstić information content (AvgIpc) is 3.49. The molecule has 0 fully saturated rings. The van der Waals surface area contributed by atoms with E-state index in [1.54, 1.807) is 44.2 Å². The van der Waals surface area contributed by atoms with Gasteiger partial charge in [0, 0.05) is 29.1 Å². The standard InChI is InChI=1S/C28H26F5N3O2/c1-26(2,20-6-3-5-17-11-12-38-25(17)20)15-27(37,28(31,32)33)16-34-22-7-4-8-23-19(22)14-35-36(23)24-10-9-18(29)13-21(24)30/h3-10,13-14,34,37H,11-12,15-16H2,1-2H3. The van der Waals surface area contributed by atoms with E-state index in [1.807, 2.05) is 6.07 Å². The lowest BCUT2D eigenvalue weighted by Crippen LogP contribution is -2.53. The van der Waals surface area contributed by atoms with E-state index >= 15 is 0 Å². The van der Waals surface area contributed by atoms with Crippen LogP contribution in [0.5, 0.6) is 5.75 Å². The van der Waals surface area contributed by atoms with E-state index in [4.69, 9.17) is 4.74 Å². The SMILES string of the molecule is CC(C)(CC(O)(CNc1cccc2c1cnn2-c1ccc(F)cc1F)C(F)(F)F)c1cccc2c1OCC2. The average molecular weight is 532 g/mol. The van der Waals surface area contributed by atoms with E-state index < -0.39 is 41.8 Å². The van der Waals surface area contributed by atoms with Crippen LogP contribution >= 0.6 is 0 Å². The van der Waals surface area contributed by atoms with Gasteiger partial charge in [0.25, 0.3) is 0 Å². The monoisotopic (exact) mass is 531 g/mol. The van der Waals surface area contributed by atoms with Gasteiger partial charge in [-0.15, -0.1) is 0 Å². The lowest BCUT2D eigenvalue weighted by atomic mass is 9.74. The normalized spacial score (nSPS) is 15.3. The molecule has 3 aromatic carbocycles. The number of benzene rings is 3. The summed E-state index contributed by atoms with van der Waals surface area (Å²) < 4.78 is 77.7. The van der Waals surface area contributed by atoms with Gasteiger partial charge in [-0.25, -0.2) is 13.5 Å². The summed E-state index contributed by atoms with van der Waals surface area (Å²) in [5.41, 5.74) is -1.94. The molecule has 0 spiro atoms. The summed E-state index contributed by atoms with van der Waals surface area (Å²) in [4.78, 5) is 0. The fourth-order valence-corrected chi connectivity index (χ4v) is 5.13. The van der Waals surface area contributed by atoms with Crippen molar-refractivity contribution in [1.82, 2.24) is 9.78 Å². The van der Waals surface area contributed by atoms with Crippen molar-refractivity contribution < 1.29 is 31.8 Å². The van der Waals surface area contributed by atoms with Crippen molar-refractivity contribution in [2.24, 2.45) is 0 Å². The first kappa shape index (κ1) is 26.0. The number of nitrogens with one attached hydrogen (secondary N) is 1. The van der Waals surface area contributed by atoms with Crippen molar-refractivity contribution in [3.05, 3.63) is 83.6 Å². The highest BCUT2D eigenvalue weighted by molar-refractivity contribution is 5.92. The van der Waals surface area contributed by atoms with Crippen LogP contribution in [0.4, 0.5) is 27.6 Å². The number of aliphatic hydroxyl groups is 1. The van der Waals surface area contributed by atoms with Crippen molar-refractivity contribution in [1.29, 1.82) is 0 Å². The molecule has 2 heterocycles. The molecule has 5 rings (SSSR count). The Hall–Kier alpha value is -3.66. The Morgan fingerprint density at radius 3 is 2.55 bits per heavy atom. The summed E-state index contributed by atoms with van der Waals surface area (Å²) in [7, 11) is 0. The highest BCUT2D eigenvalue weighted by Crippen LogP contribution is 2.45. The number of nitrogens with zero attached hydrogens (tertiary/aromatic N) is 2. The molecule has 200 valence electrons. The van der Waals surface area contributed by atoms with Crippen LogP contribution in [0.2, 0.25) is 0 Å². The number of aromatic nitrogens is 2. The fraction of sp³-hybridized carbons (Fsp3) is 0.321. The van der Waals surface area contributed by atoms with E-state index in [1.165, 1.54) is 16.9 Å². The molecule has 1 atom stereocenters. The van der Waals surface area contributed by atoms with Crippen LogP contribution in [0.15, 0.2) is 60.8 Å². The van der Waals surface area contributed by atoms with Crippen molar-refractivity contribution in [2.45, 2.75) is 43.9 Å². The van der Waals surface area contributed by atoms with Crippen LogP contribution in [0.3, 0.4) is 0 Å². The molecule has 0 amide bonds. The molecule has 0 saturated heterocycles. The molecule has 1 aliphatic rings. The van der Waals surface area contributed by atoms with Gasteiger partial charge in [-0.3, -0.25) is 0 Å². The molecular weight excluding hydrogens is 505 g/mol. The van der Waals surface area contributed by atoms with Gasteiger partial charge in [-0.05, 0) is 41.7 Å². The second-order valence-corrected chi connectivity index (χ2v) is 10.2. The first-order valence-electron chi connectivity index (χ1n) is 12.1. The number of rotatable bonds is 7. The smallest absolute Gasteiger partial charge is 0.418 e. The number of anilines is 1. The van der Waals surface area contributed by atoms with Gasteiger partial charge >= 0.3 is 6.18 Å². The van der Waals surface area contributed by atoms with E-state index in [0.717, 1.165) is 17.7 Å². The summed E-state index contributed by atoms with van der Waals surface area (Å²) in [5, 5.41) is 18.3. The van der Waals surface area contributed by atoms with E-state index in [0.29, 0.717) is 35.2 Å². The van der Waals surface area contributed by atoms with Gasteiger partial charge in [0.1, 0.15) is 17.3 Å². The molecule has 1 aliphatic heterocycles. The van der Waals surface area contributed by atoms with Crippen molar-refractivity contribution >= 4 is 16.6 Å².